The summed E-state index contributed by atoms with van der Waals surface area (Å²) in [5.41, 5.74) is 1.46. The number of rotatable bonds is 7. The van der Waals surface area contributed by atoms with Crippen LogP contribution in [0.25, 0.3) is 0 Å². The van der Waals surface area contributed by atoms with Gasteiger partial charge in [-0.1, -0.05) is 41.9 Å². The van der Waals surface area contributed by atoms with Gasteiger partial charge in [0.15, 0.2) is 0 Å². The average Bonchev–Trinajstić information content (AvgIpc) is 3.57. The van der Waals surface area contributed by atoms with Gasteiger partial charge in [-0.2, -0.15) is 0 Å². The van der Waals surface area contributed by atoms with Crippen molar-refractivity contribution in [3.8, 4) is 0 Å². The van der Waals surface area contributed by atoms with Crippen LogP contribution in [0.5, 0.6) is 0 Å². The molecular formula is C23H25ClN4O3. The quantitative estimate of drug-likeness (QED) is 0.563. The monoisotopic (exact) mass is 440 g/mol. The predicted octanol–water partition coefficient (Wildman–Crippen LogP) is 4.17. The number of nitrogens with zero attached hydrogens (tertiary/aromatic N) is 1. The average molecular weight is 441 g/mol. The minimum Gasteiger partial charge on any atom is -0.377 e. The van der Waals surface area contributed by atoms with Crippen LogP contribution in [-0.4, -0.2) is 34.8 Å². The molecule has 1 aliphatic carbocycles. The molecule has 0 aromatic heterocycles. The molecule has 1 heterocycles. The number of urea groups is 1. The van der Waals surface area contributed by atoms with Crippen molar-refractivity contribution in [3.05, 3.63) is 59.1 Å². The number of halogens is 1. The molecule has 1 saturated heterocycles. The van der Waals surface area contributed by atoms with Crippen LogP contribution < -0.4 is 16.0 Å². The Kier molecular flexibility index (Phi) is 5.62. The number of hydrogen-bond donors (Lipinski definition) is 3. The maximum Gasteiger partial charge on any atom is 0.325 e. The summed E-state index contributed by atoms with van der Waals surface area (Å²) in [4.78, 5) is 38.3. The van der Waals surface area contributed by atoms with Crippen molar-refractivity contribution in [1.82, 2.24) is 10.2 Å². The van der Waals surface area contributed by atoms with Crippen LogP contribution in [0, 0.1) is 5.92 Å². The third kappa shape index (κ3) is 4.37. The van der Waals surface area contributed by atoms with Crippen LogP contribution in [-0.2, 0) is 9.59 Å². The summed E-state index contributed by atoms with van der Waals surface area (Å²) < 4.78 is 0. The minimum absolute atomic E-state index is 0.0552. The van der Waals surface area contributed by atoms with E-state index in [4.69, 9.17) is 11.6 Å². The number of nitrogens with one attached hydrogen (secondary N) is 3. The van der Waals surface area contributed by atoms with Crippen molar-refractivity contribution in [3.63, 3.8) is 0 Å². The summed E-state index contributed by atoms with van der Waals surface area (Å²) in [6, 6.07) is 14.7. The molecule has 1 saturated carbocycles. The van der Waals surface area contributed by atoms with Gasteiger partial charge in [-0.25, -0.2) is 4.79 Å². The number of hydrogen-bond acceptors (Lipinski definition) is 4. The Morgan fingerprint density at radius 3 is 2.58 bits per heavy atom. The zero-order valence-electron chi connectivity index (χ0n) is 17.4. The van der Waals surface area contributed by atoms with Gasteiger partial charge in [-0.15, -0.1) is 0 Å². The van der Waals surface area contributed by atoms with Crippen molar-refractivity contribution < 1.29 is 14.4 Å². The molecule has 2 aromatic carbocycles. The second-order valence-electron chi connectivity index (χ2n) is 8.32. The molecule has 1 aliphatic heterocycles. The van der Waals surface area contributed by atoms with Gasteiger partial charge in [0.05, 0.1) is 10.7 Å². The molecule has 8 heteroatoms. The number of imide groups is 1. The number of carbonyl (C=O) groups is 3. The topological polar surface area (TPSA) is 90.5 Å². The summed E-state index contributed by atoms with van der Waals surface area (Å²) in [5, 5.41) is 9.26. The molecule has 31 heavy (non-hydrogen) atoms. The Hall–Kier alpha value is -3.06. The molecule has 3 N–H and O–H groups in total. The highest BCUT2D eigenvalue weighted by atomic mass is 35.5. The SMILES string of the molecule is CC(Nc1ccc(NC(=O)CN2C(=O)NC(C)(C3CC3)C2=O)cc1Cl)c1ccccc1. The Morgan fingerprint density at radius 2 is 1.94 bits per heavy atom. The standard InChI is InChI=1S/C23H25ClN4O3/c1-14(15-6-4-3-5-7-15)25-19-11-10-17(12-18(19)24)26-20(29)13-28-21(30)23(2,16-8-9-16)27-22(28)31/h3-7,10-12,14,16,25H,8-9,13H2,1-2H3,(H,26,29)(H,27,31). The number of amides is 4. The van der Waals surface area contributed by atoms with Crippen LogP contribution in [0.3, 0.4) is 0 Å². The smallest absolute Gasteiger partial charge is 0.325 e. The van der Waals surface area contributed by atoms with Gasteiger partial charge in [0.25, 0.3) is 5.91 Å². The maximum absolute atomic E-state index is 12.7. The lowest BCUT2D eigenvalue weighted by Gasteiger charge is -2.20. The van der Waals surface area contributed by atoms with Crippen molar-refractivity contribution in [2.24, 2.45) is 5.92 Å². The lowest BCUT2D eigenvalue weighted by atomic mass is 9.96. The zero-order valence-corrected chi connectivity index (χ0v) is 18.2. The first kappa shape index (κ1) is 21.2. The van der Waals surface area contributed by atoms with E-state index in [1.165, 1.54) is 0 Å². The van der Waals surface area contributed by atoms with E-state index >= 15 is 0 Å². The second-order valence-corrected chi connectivity index (χ2v) is 8.72. The highest BCUT2D eigenvalue weighted by Crippen LogP contribution is 2.42. The second kappa shape index (κ2) is 8.23. The van der Waals surface area contributed by atoms with Gasteiger partial charge in [0, 0.05) is 11.7 Å². The third-order valence-corrected chi connectivity index (χ3v) is 6.23. The van der Waals surface area contributed by atoms with E-state index in [1.54, 1.807) is 25.1 Å². The molecule has 0 radical (unpaired) electrons. The molecule has 2 atom stereocenters. The predicted molar refractivity (Wildman–Crippen MR) is 120 cm³/mol. The maximum atomic E-state index is 12.7. The summed E-state index contributed by atoms with van der Waals surface area (Å²) in [7, 11) is 0. The Bertz CT molecular complexity index is 1020. The molecule has 0 bridgehead atoms. The van der Waals surface area contributed by atoms with Gasteiger partial charge < -0.3 is 16.0 Å². The van der Waals surface area contributed by atoms with Crippen molar-refractivity contribution in [2.45, 2.75) is 38.3 Å². The molecule has 7 nitrogen and oxygen atoms in total. The number of carbonyl (C=O) groups excluding carboxylic acids is 3. The van der Waals surface area contributed by atoms with Crippen LogP contribution in [0.4, 0.5) is 16.2 Å². The first-order valence-corrected chi connectivity index (χ1v) is 10.7. The first-order chi connectivity index (χ1) is 14.8. The molecule has 2 unspecified atom stereocenters. The van der Waals surface area contributed by atoms with Crippen molar-refractivity contribution in [1.29, 1.82) is 0 Å². The fourth-order valence-electron chi connectivity index (χ4n) is 3.91. The van der Waals surface area contributed by atoms with Gasteiger partial charge in [0.2, 0.25) is 5.91 Å². The van der Waals surface area contributed by atoms with Crippen LogP contribution in [0.15, 0.2) is 48.5 Å². The highest BCUT2D eigenvalue weighted by Gasteiger charge is 2.56. The molecule has 0 spiro atoms. The Labute approximate surface area is 186 Å². The van der Waals surface area contributed by atoms with E-state index < -0.39 is 17.5 Å². The largest absolute Gasteiger partial charge is 0.377 e. The summed E-state index contributed by atoms with van der Waals surface area (Å²) in [6.07, 6.45) is 1.81. The van der Waals surface area contributed by atoms with Crippen molar-refractivity contribution >= 4 is 40.8 Å². The van der Waals surface area contributed by atoms with Gasteiger partial charge in [0.1, 0.15) is 12.1 Å². The molecule has 162 valence electrons. The number of benzene rings is 2. The molecule has 2 fully saturated rings. The van der Waals surface area contributed by atoms with Gasteiger partial charge >= 0.3 is 6.03 Å². The molecular weight excluding hydrogens is 416 g/mol. The first-order valence-electron chi connectivity index (χ1n) is 10.3. The zero-order chi connectivity index (χ0) is 22.2. The normalized spacial score (nSPS) is 21.6. The van der Waals surface area contributed by atoms with Crippen LogP contribution in [0.2, 0.25) is 5.02 Å². The van der Waals surface area contributed by atoms with E-state index in [2.05, 4.69) is 16.0 Å². The van der Waals surface area contributed by atoms with Crippen molar-refractivity contribution in [2.75, 3.05) is 17.2 Å². The third-order valence-electron chi connectivity index (χ3n) is 5.92. The van der Waals surface area contributed by atoms with Crippen LogP contribution >= 0.6 is 11.6 Å². The van der Waals surface area contributed by atoms with E-state index in [0.29, 0.717) is 10.7 Å². The summed E-state index contributed by atoms with van der Waals surface area (Å²) >= 11 is 6.40. The van der Waals surface area contributed by atoms with E-state index in [9.17, 15) is 14.4 Å². The van der Waals surface area contributed by atoms with E-state index in [1.807, 2.05) is 37.3 Å². The lowest BCUT2D eigenvalue weighted by Crippen LogP contribution is -2.46. The van der Waals surface area contributed by atoms with Gasteiger partial charge in [-0.3, -0.25) is 14.5 Å². The highest BCUT2D eigenvalue weighted by molar-refractivity contribution is 6.33. The molecule has 2 aliphatic rings. The lowest BCUT2D eigenvalue weighted by molar-refractivity contribution is -0.134. The Balaban J connectivity index is 1.37. The Morgan fingerprint density at radius 1 is 1.23 bits per heavy atom. The number of anilines is 2. The molecule has 2 aromatic rings. The summed E-state index contributed by atoms with van der Waals surface area (Å²) in [5.74, 6) is -0.658. The summed E-state index contributed by atoms with van der Waals surface area (Å²) in [6.45, 7) is 3.43. The fraction of sp³-hybridized carbons (Fsp3) is 0.348. The van der Waals surface area contributed by atoms with E-state index in [0.717, 1.165) is 29.0 Å². The molecule has 4 rings (SSSR count). The minimum atomic E-state index is -0.899. The molecule has 4 amide bonds. The van der Waals surface area contributed by atoms with E-state index in [-0.39, 0.29) is 24.4 Å². The van der Waals surface area contributed by atoms with Gasteiger partial charge in [-0.05, 0) is 56.4 Å². The van der Waals surface area contributed by atoms with Crippen LogP contribution in [0.1, 0.15) is 38.3 Å². The fourth-order valence-corrected chi connectivity index (χ4v) is 4.14.